The molecular formula is C19H23N. The van der Waals surface area contributed by atoms with Crippen molar-refractivity contribution >= 4 is 0 Å². The van der Waals surface area contributed by atoms with E-state index in [1.54, 1.807) is 0 Å². The fraction of sp³-hybridized carbons (Fsp3) is 0.263. The zero-order chi connectivity index (χ0) is 14.4. The van der Waals surface area contributed by atoms with Crippen LogP contribution in [0.3, 0.4) is 0 Å². The lowest BCUT2D eigenvalue weighted by atomic mass is 10.0. The molecule has 0 saturated heterocycles. The topological polar surface area (TPSA) is 12.0 Å². The number of hydrogen-bond acceptors (Lipinski definition) is 1. The fourth-order valence-corrected chi connectivity index (χ4v) is 2.32. The van der Waals surface area contributed by atoms with Crippen LogP contribution in [0.4, 0.5) is 0 Å². The minimum atomic E-state index is 0.950. The van der Waals surface area contributed by atoms with Crippen LogP contribution >= 0.6 is 0 Å². The maximum Gasteiger partial charge on any atom is 0.0115 e. The Bertz CT molecular complexity index is 567. The minimum Gasteiger partial charge on any atom is -0.389 e. The van der Waals surface area contributed by atoms with E-state index in [0.29, 0.717) is 0 Å². The highest BCUT2D eigenvalue weighted by molar-refractivity contribution is 5.64. The molecule has 0 unspecified atom stereocenters. The maximum atomic E-state index is 4.02. The van der Waals surface area contributed by atoms with E-state index < -0.39 is 0 Å². The third-order valence-corrected chi connectivity index (χ3v) is 3.45. The third-order valence-electron chi connectivity index (χ3n) is 3.45. The van der Waals surface area contributed by atoms with Gasteiger partial charge in [-0.3, -0.25) is 0 Å². The third kappa shape index (κ3) is 3.99. The molecule has 0 bridgehead atoms. The number of benzene rings is 2. The van der Waals surface area contributed by atoms with Gasteiger partial charge < -0.3 is 5.32 Å². The lowest BCUT2D eigenvalue weighted by Gasteiger charge is -2.08. The molecule has 0 aliphatic carbocycles. The Morgan fingerprint density at radius 2 is 1.80 bits per heavy atom. The van der Waals surface area contributed by atoms with Crippen LogP contribution in [-0.2, 0) is 6.42 Å². The van der Waals surface area contributed by atoms with Crippen molar-refractivity contribution in [2.75, 3.05) is 6.54 Å². The monoisotopic (exact) mass is 265 g/mol. The lowest BCUT2D eigenvalue weighted by molar-refractivity contribution is 0.778. The van der Waals surface area contributed by atoms with E-state index >= 15 is 0 Å². The molecule has 1 nitrogen and oxygen atoms in total. The van der Waals surface area contributed by atoms with Crippen LogP contribution < -0.4 is 5.32 Å². The first-order valence-corrected chi connectivity index (χ1v) is 7.26. The summed E-state index contributed by atoms with van der Waals surface area (Å²) in [7, 11) is 0. The van der Waals surface area contributed by atoms with Crippen LogP contribution in [0.2, 0.25) is 0 Å². The Morgan fingerprint density at radius 1 is 1.05 bits per heavy atom. The fourth-order valence-electron chi connectivity index (χ4n) is 2.32. The second-order valence-corrected chi connectivity index (χ2v) is 5.20. The SMILES string of the molecule is C=C(CCc1ccc(-c2cccc(C)c2)cc1)NCC. The first kappa shape index (κ1) is 14.4. The van der Waals surface area contributed by atoms with Crippen molar-refractivity contribution in [1.29, 1.82) is 0 Å². The van der Waals surface area contributed by atoms with Crippen molar-refractivity contribution < 1.29 is 0 Å². The van der Waals surface area contributed by atoms with Gasteiger partial charge in [-0.1, -0.05) is 60.7 Å². The van der Waals surface area contributed by atoms with Crippen LogP contribution in [0, 0.1) is 6.92 Å². The van der Waals surface area contributed by atoms with Gasteiger partial charge in [0, 0.05) is 12.2 Å². The van der Waals surface area contributed by atoms with Crippen LogP contribution in [-0.4, -0.2) is 6.54 Å². The van der Waals surface area contributed by atoms with E-state index in [1.165, 1.54) is 22.3 Å². The number of rotatable bonds is 6. The minimum absolute atomic E-state index is 0.950. The second-order valence-electron chi connectivity index (χ2n) is 5.20. The summed E-state index contributed by atoms with van der Waals surface area (Å²) in [6.45, 7) is 9.20. The second kappa shape index (κ2) is 6.95. The van der Waals surface area contributed by atoms with Gasteiger partial charge in [-0.2, -0.15) is 0 Å². The lowest BCUT2D eigenvalue weighted by Crippen LogP contribution is -2.11. The quantitative estimate of drug-likeness (QED) is 0.797. The number of hydrogen-bond donors (Lipinski definition) is 1. The van der Waals surface area contributed by atoms with Crippen LogP contribution in [0.5, 0.6) is 0 Å². The standard InChI is InChI=1S/C19H23N/c1-4-20-16(3)8-9-17-10-12-18(13-11-17)19-7-5-6-15(2)14-19/h5-7,10-14,20H,3-4,8-9H2,1-2H3. The van der Waals surface area contributed by atoms with Crippen molar-refractivity contribution in [3.8, 4) is 11.1 Å². The van der Waals surface area contributed by atoms with E-state index in [0.717, 1.165) is 25.1 Å². The number of allylic oxidation sites excluding steroid dienone is 1. The van der Waals surface area contributed by atoms with Crippen molar-refractivity contribution in [1.82, 2.24) is 5.32 Å². The molecule has 0 amide bonds. The summed E-state index contributed by atoms with van der Waals surface area (Å²) in [6.07, 6.45) is 2.04. The molecule has 20 heavy (non-hydrogen) atoms. The first-order valence-electron chi connectivity index (χ1n) is 7.26. The summed E-state index contributed by atoms with van der Waals surface area (Å²) in [4.78, 5) is 0. The molecule has 1 heteroatoms. The number of aryl methyl sites for hydroxylation is 2. The Balaban J connectivity index is 2.01. The Kier molecular flexibility index (Phi) is 5.00. The Hall–Kier alpha value is -2.02. The molecule has 2 aromatic rings. The van der Waals surface area contributed by atoms with Gasteiger partial charge in [0.15, 0.2) is 0 Å². The van der Waals surface area contributed by atoms with Crippen molar-refractivity contribution in [3.05, 3.63) is 71.9 Å². The van der Waals surface area contributed by atoms with Gasteiger partial charge >= 0.3 is 0 Å². The molecule has 0 heterocycles. The summed E-state index contributed by atoms with van der Waals surface area (Å²) >= 11 is 0. The van der Waals surface area contributed by atoms with Gasteiger partial charge in [0.05, 0.1) is 0 Å². The molecule has 2 aromatic carbocycles. The molecule has 104 valence electrons. The summed E-state index contributed by atoms with van der Waals surface area (Å²) < 4.78 is 0. The van der Waals surface area contributed by atoms with E-state index in [-0.39, 0.29) is 0 Å². The molecule has 0 aliphatic rings. The van der Waals surface area contributed by atoms with E-state index in [4.69, 9.17) is 0 Å². The highest BCUT2D eigenvalue weighted by Crippen LogP contribution is 2.21. The molecule has 0 aliphatic heterocycles. The van der Waals surface area contributed by atoms with Gasteiger partial charge in [0.1, 0.15) is 0 Å². The van der Waals surface area contributed by atoms with E-state index in [1.807, 2.05) is 0 Å². The van der Waals surface area contributed by atoms with Crippen LogP contribution in [0.25, 0.3) is 11.1 Å². The highest BCUT2D eigenvalue weighted by atomic mass is 14.9. The molecule has 0 spiro atoms. The van der Waals surface area contributed by atoms with E-state index in [2.05, 4.69) is 74.3 Å². The van der Waals surface area contributed by atoms with Gasteiger partial charge in [-0.05, 0) is 43.4 Å². The average Bonchev–Trinajstić information content (AvgIpc) is 2.46. The molecule has 2 rings (SSSR count). The molecule has 0 radical (unpaired) electrons. The van der Waals surface area contributed by atoms with Gasteiger partial charge in [0.25, 0.3) is 0 Å². The van der Waals surface area contributed by atoms with Gasteiger partial charge in [-0.15, -0.1) is 0 Å². The summed E-state index contributed by atoms with van der Waals surface area (Å²) in [5.74, 6) is 0. The predicted molar refractivity (Wildman–Crippen MR) is 87.8 cm³/mol. The first-order chi connectivity index (χ1) is 9.69. The summed E-state index contributed by atoms with van der Waals surface area (Å²) in [6, 6.07) is 17.5. The van der Waals surface area contributed by atoms with Gasteiger partial charge in [-0.25, -0.2) is 0 Å². The predicted octanol–water partition coefficient (Wildman–Crippen LogP) is 4.72. The largest absolute Gasteiger partial charge is 0.389 e. The molecule has 1 N–H and O–H groups in total. The smallest absolute Gasteiger partial charge is 0.0115 e. The van der Waals surface area contributed by atoms with Gasteiger partial charge in [0.2, 0.25) is 0 Å². The zero-order valence-corrected chi connectivity index (χ0v) is 12.4. The average molecular weight is 265 g/mol. The van der Waals surface area contributed by atoms with Crippen LogP contribution in [0.15, 0.2) is 60.8 Å². The molecular weight excluding hydrogens is 242 g/mol. The molecule has 0 saturated carbocycles. The van der Waals surface area contributed by atoms with Crippen molar-refractivity contribution in [2.45, 2.75) is 26.7 Å². The van der Waals surface area contributed by atoms with E-state index in [9.17, 15) is 0 Å². The van der Waals surface area contributed by atoms with Crippen LogP contribution in [0.1, 0.15) is 24.5 Å². The van der Waals surface area contributed by atoms with Crippen molar-refractivity contribution in [3.63, 3.8) is 0 Å². The summed E-state index contributed by atoms with van der Waals surface area (Å²) in [5, 5.41) is 3.26. The molecule has 0 atom stereocenters. The molecule has 0 fully saturated rings. The molecule has 0 aromatic heterocycles. The Morgan fingerprint density at radius 3 is 2.45 bits per heavy atom. The zero-order valence-electron chi connectivity index (χ0n) is 12.4. The normalized spacial score (nSPS) is 10.3. The highest BCUT2D eigenvalue weighted by Gasteiger charge is 1.99. The Labute approximate surface area is 122 Å². The van der Waals surface area contributed by atoms with Crippen molar-refractivity contribution in [2.24, 2.45) is 0 Å². The summed E-state index contributed by atoms with van der Waals surface area (Å²) in [5.41, 5.74) is 6.35. The number of nitrogens with one attached hydrogen (secondary N) is 1. The maximum absolute atomic E-state index is 4.02.